The van der Waals surface area contributed by atoms with E-state index in [1.165, 1.54) is 0 Å². The van der Waals surface area contributed by atoms with Gasteiger partial charge in [-0.05, 0) is 42.0 Å². The molecule has 0 spiro atoms. The highest BCUT2D eigenvalue weighted by molar-refractivity contribution is 6.30. The maximum Gasteiger partial charge on any atom is 0.254 e. The van der Waals surface area contributed by atoms with Crippen LogP contribution < -0.4 is 10.1 Å². The van der Waals surface area contributed by atoms with E-state index in [1.54, 1.807) is 7.11 Å². The number of ether oxygens (including phenoxy) is 2. The quantitative estimate of drug-likeness (QED) is 0.739. The molecule has 146 valence electrons. The summed E-state index contributed by atoms with van der Waals surface area (Å²) < 4.78 is 10.5. The van der Waals surface area contributed by atoms with Gasteiger partial charge in [-0.25, -0.2) is 0 Å². The van der Waals surface area contributed by atoms with Crippen molar-refractivity contribution in [2.75, 3.05) is 40.0 Å². The molecule has 5 nitrogen and oxygen atoms in total. The second-order valence-corrected chi connectivity index (χ2v) is 6.58. The summed E-state index contributed by atoms with van der Waals surface area (Å²) >= 11 is 6.13. The summed E-state index contributed by atoms with van der Waals surface area (Å²) in [5, 5.41) is 4.04. The molecule has 0 bridgehead atoms. The van der Waals surface area contributed by atoms with Gasteiger partial charge in [0.05, 0.1) is 12.6 Å². The largest absolute Gasteiger partial charge is 0.491 e. The van der Waals surface area contributed by atoms with Gasteiger partial charge in [-0.1, -0.05) is 23.7 Å². The van der Waals surface area contributed by atoms with Crippen LogP contribution in [0, 0.1) is 0 Å². The first-order chi connectivity index (χ1) is 12.7. The molecule has 1 fully saturated rings. The van der Waals surface area contributed by atoms with E-state index >= 15 is 0 Å². The van der Waals surface area contributed by atoms with E-state index in [9.17, 15) is 4.79 Å². The van der Waals surface area contributed by atoms with Crippen molar-refractivity contribution in [1.29, 1.82) is 0 Å². The molecule has 3 rings (SSSR count). The first-order valence-corrected chi connectivity index (χ1v) is 9.06. The minimum atomic E-state index is -0.0346. The van der Waals surface area contributed by atoms with Gasteiger partial charge < -0.3 is 19.7 Å². The Balaban J connectivity index is 0.00000261. The topological polar surface area (TPSA) is 50.8 Å². The number of amides is 1. The number of benzene rings is 2. The number of nitrogens with zero attached hydrogens (tertiary/aromatic N) is 1. The summed E-state index contributed by atoms with van der Waals surface area (Å²) in [5.74, 6) is 0.741. The van der Waals surface area contributed by atoms with E-state index in [4.69, 9.17) is 21.1 Å². The van der Waals surface area contributed by atoms with Crippen LogP contribution in [0.4, 0.5) is 0 Å². The van der Waals surface area contributed by atoms with Crippen LogP contribution in [0.5, 0.6) is 5.75 Å². The Morgan fingerprint density at radius 3 is 2.70 bits per heavy atom. The first-order valence-electron chi connectivity index (χ1n) is 8.68. The average molecular weight is 411 g/mol. The van der Waals surface area contributed by atoms with Crippen LogP contribution in [-0.2, 0) is 4.74 Å². The zero-order valence-corrected chi connectivity index (χ0v) is 16.8. The number of hydrogen-bond donors (Lipinski definition) is 1. The van der Waals surface area contributed by atoms with E-state index in [2.05, 4.69) is 5.32 Å². The molecular formula is C20H24Cl2N2O3. The third kappa shape index (κ3) is 5.59. The van der Waals surface area contributed by atoms with Gasteiger partial charge in [0, 0.05) is 37.3 Å². The monoisotopic (exact) mass is 410 g/mol. The van der Waals surface area contributed by atoms with E-state index < -0.39 is 0 Å². The van der Waals surface area contributed by atoms with Crippen molar-refractivity contribution in [3.05, 3.63) is 64.7 Å². The summed E-state index contributed by atoms with van der Waals surface area (Å²) in [6.07, 6.45) is 0. The van der Waals surface area contributed by atoms with Gasteiger partial charge in [0.15, 0.2) is 0 Å². The van der Waals surface area contributed by atoms with Gasteiger partial charge in [0.25, 0.3) is 5.91 Å². The average Bonchev–Trinajstić information content (AvgIpc) is 2.68. The number of carbonyl (C=O) groups excluding carboxylic acids is 1. The fourth-order valence-corrected chi connectivity index (χ4v) is 3.26. The second-order valence-electron chi connectivity index (χ2n) is 6.14. The molecule has 7 heteroatoms. The molecule has 1 heterocycles. The number of carbonyl (C=O) groups is 1. The normalized spacial score (nSPS) is 16.5. The second kappa shape index (κ2) is 10.5. The van der Waals surface area contributed by atoms with Gasteiger partial charge in [-0.2, -0.15) is 0 Å². The van der Waals surface area contributed by atoms with Crippen LogP contribution in [0.25, 0.3) is 0 Å². The van der Waals surface area contributed by atoms with Crippen LogP contribution in [0.15, 0.2) is 48.5 Å². The summed E-state index contributed by atoms with van der Waals surface area (Å²) in [4.78, 5) is 15.0. The van der Waals surface area contributed by atoms with Crippen LogP contribution in [-0.4, -0.2) is 50.8 Å². The molecule has 1 amide bonds. The van der Waals surface area contributed by atoms with Crippen molar-refractivity contribution < 1.29 is 14.3 Å². The minimum Gasteiger partial charge on any atom is -0.491 e. The molecule has 1 saturated heterocycles. The van der Waals surface area contributed by atoms with Crippen molar-refractivity contribution >= 4 is 29.9 Å². The third-order valence-electron chi connectivity index (χ3n) is 4.40. The van der Waals surface area contributed by atoms with Crippen LogP contribution in [0.2, 0.25) is 5.02 Å². The molecule has 1 N–H and O–H groups in total. The molecule has 1 atom stereocenters. The Bertz CT molecular complexity index is 740. The molecule has 0 aliphatic carbocycles. The summed E-state index contributed by atoms with van der Waals surface area (Å²) in [6, 6.07) is 14.9. The lowest BCUT2D eigenvalue weighted by atomic mass is 10.0. The van der Waals surface area contributed by atoms with Crippen LogP contribution in [0.1, 0.15) is 22.0 Å². The highest BCUT2D eigenvalue weighted by atomic mass is 35.5. The molecule has 1 aliphatic heterocycles. The Kier molecular flexibility index (Phi) is 8.38. The first kappa shape index (κ1) is 21.5. The zero-order chi connectivity index (χ0) is 18.4. The molecule has 0 saturated carbocycles. The summed E-state index contributed by atoms with van der Waals surface area (Å²) in [6.45, 7) is 3.16. The van der Waals surface area contributed by atoms with E-state index in [-0.39, 0.29) is 24.4 Å². The van der Waals surface area contributed by atoms with Crippen molar-refractivity contribution in [2.24, 2.45) is 0 Å². The third-order valence-corrected chi connectivity index (χ3v) is 4.63. The number of methoxy groups -OCH3 is 1. The van der Waals surface area contributed by atoms with Crippen molar-refractivity contribution in [1.82, 2.24) is 10.2 Å². The van der Waals surface area contributed by atoms with Gasteiger partial charge in [-0.3, -0.25) is 4.79 Å². The Morgan fingerprint density at radius 2 is 2.00 bits per heavy atom. The number of rotatable bonds is 6. The van der Waals surface area contributed by atoms with Crippen molar-refractivity contribution in [3.63, 3.8) is 0 Å². The fourth-order valence-electron chi connectivity index (χ4n) is 3.06. The predicted octanol–water partition coefficient (Wildman–Crippen LogP) is 3.57. The lowest BCUT2D eigenvalue weighted by molar-refractivity contribution is 0.0634. The Labute approximate surface area is 171 Å². The zero-order valence-electron chi connectivity index (χ0n) is 15.2. The standard InChI is InChI=1S/C20H23ClN2O3.ClH/c1-25-11-12-26-18-7-5-15(6-8-18)20(24)23-10-9-22-14-19(23)16-3-2-4-17(21)13-16;/h2-8,13,19,22H,9-12,14H2,1H3;1H. The van der Waals surface area contributed by atoms with Crippen molar-refractivity contribution in [3.8, 4) is 5.75 Å². The number of halogens is 2. The maximum atomic E-state index is 13.0. The van der Waals surface area contributed by atoms with Crippen molar-refractivity contribution in [2.45, 2.75) is 6.04 Å². The molecular weight excluding hydrogens is 387 g/mol. The highest BCUT2D eigenvalue weighted by Crippen LogP contribution is 2.26. The van der Waals surface area contributed by atoms with Gasteiger partial charge in [0.2, 0.25) is 0 Å². The highest BCUT2D eigenvalue weighted by Gasteiger charge is 2.28. The van der Waals surface area contributed by atoms with Crippen LogP contribution in [0.3, 0.4) is 0 Å². The number of piperazine rings is 1. The predicted molar refractivity (Wildman–Crippen MR) is 109 cm³/mol. The van der Waals surface area contributed by atoms with E-state index in [0.29, 0.717) is 36.9 Å². The lowest BCUT2D eigenvalue weighted by Crippen LogP contribution is -2.48. The Hall–Kier alpha value is -1.79. The van der Waals surface area contributed by atoms with Crippen LogP contribution >= 0.6 is 24.0 Å². The Morgan fingerprint density at radius 1 is 1.22 bits per heavy atom. The molecule has 1 unspecified atom stereocenters. The van der Waals surface area contributed by atoms with E-state index in [1.807, 2.05) is 53.4 Å². The van der Waals surface area contributed by atoms with E-state index in [0.717, 1.165) is 17.9 Å². The lowest BCUT2D eigenvalue weighted by Gasteiger charge is -2.36. The number of hydrogen-bond acceptors (Lipinski definition) is 4. The number of nitrogens with one attached hydrogen (secondary N) is 1. The minimum absolute atomic E-state index is 0. The molecule has 2 aromatic carbocycles. The van der Waals surface area contributed by atoms with Gasteiger partial charge in [-0.15, -0.1) is 12.4 Å². The maximum absolute atomic E-state index is 13.0. The molecule has 27 heavy (non-hydrogen) atoms. The molecule has 0 aromatic heterocycles. The molecule has 2 aromatic rings. The smallest absolute Gasteiger partial charge is 0.254 e. The fraction of sp³-hybridized carbons (Fsp3) is 0.350. The van der Waals surface area contributed by atoms with Gasteiger partial charge >= 0.3 is 0 Å². The summed E-state index contributed by atoms with van der Waals surface area (Å²) in [5.41, 5.74) is 1.69. The molecule has 0 radical (unpaired) electrons. The van der Waals surface area contributed by atoms with Gasteiger partial charge in [0.1, 0.15) is 12.4 Å². The summed E-state index contributed by atoms with van der Waals surface area (Å²) in [7, 11) is 1.63. The SMILES string of the molecule is COCCOc1ccc(C(=O)N2CCNCC2c2cccc(Cl)c2)cc1.Cl. The molecule has 1 aliphatic rings.